The Bertz CT molecular complexity index is 608. The number of benzene rings is 1. The van der Waals surface area contributed by atoms with Gasteiger partial charge in [-0.15, -0.1) is 0 Å². The summed E-state index contributed by atoms with van der Waals surface area (Å²) in [5.74, 6) is 0.172. The number of carboxylic acids is 1. The molecular weight excluding hydrogens is 232 g/mol. The van der Waals surface area contributed by atoms with E-state index in [1.165, 1.54) is 0 Å². The molecule has 18 heavy (non-hydrogen) atoms. The minimum atomic E-state index is -0.994. The van der Waals surface area contributed by atoms with Gasteiger partial charge in [-0.2, -0.15) is 0 Å². The van der Waals surface area contributed by atoms with Gasteiger partial charge in [-0.25, -0.2) is 4.79 Å². The predicted molar refractivity (Wildman–Crippen MR) is 66.3 cm³/mol. The molecule has 0 amide bonds. The fraction of sp³-hybridized carbons (Fsp3) is 0.357. The molecule has 1 heterocycles. The normalized spacial score (nSPS) is 14.9. The Labute approximate surface area is 104 Å². The van der Waals surface area contributed by atoms with Crippen LogP contribution in [0.2, 0.25) is 0 Å². The number of hydrogen-bond donors (Lipinski definition) is 1. The number of aromatic carboxylic acids is 1. The highest BCUT2D eigenvalue weighted by Gasteiger charge is 2.33. The molecule has 1 aromatic carbocycles. The fourth-order valence-corrected chi connectivity index (χ4v) is 2.29. The SMILES string of the molecule is CCOc1ccc2oc(C(=O)O)c(C3CC3)c2c1. The molecule has 4 heteroatoms. The van der Waals surface area contributed by atoms with Gasteiger partial charge in [-0.05, 0) is 43.9 Å². The van der Waals surface area contributed by atoms with Gasteiger partial charge in [0.05, 0.1) is 6.61 Å². The van der Waals surface area contributed by atoms with Crippen molar-refractivity contribution in [2.75, 3.05) is 6.61 Å². The zero-order valence-corrected chi connectivity index (χ0v) is 10.1. The lowest BCUT2D eigenvalue weighted by Gasteiger charge is -2.02. The van der Waals surface area contributed by atoms with Crippen LogP contribution in [-0.4, -0.2) is 17.7 Å². The molecule has 1 fully saturated rings. The standard InChI is InChI=1S/C14H14O4/c1-2-17-9-5-6-11-10(7-9)12(8-3-4-8)13(18-11)14(15)16/h5-8H,2-4H2,1H3,(H,15,16). The van der Waals surface area contributed by atoms with Crippen LogP contribution >= 0.6 is 0 Å². The predicted octanol–water partition coefficient (Wildman–Crippen LogP) is 3.41. The highest BCUT2D eigenvalue weighted by atomic mass is 16.5. The topological polar surface area (TPSA) is 59.7 Å². The average Bonchev–Trinajstić information content (AvgIpc) is 3.10. The third kappa shape index (κ3) is 1.74. The van der Waals surface area contributed by atoms with Crippen LogP contribution in [0.25, 0.3) is 11.0 Å². The zero-order chi connectivity index (χ0) is 12.7. The molecule has 1 aromatic heterocycles. The molecule has 0 saturated heterocycles. The van der Waals surface area contributed by atoms with E-state index in [1.54, 1.807) is 12.1 Å². The van der Waals surface area contributed by atoms with Crippen molar-refractivity contribution in [2.24, 2.45) is 0 Å². The molecule has 1 N–H and O–H groups in total. The smallest absolute Gasteiger partial charge is 0.372 e. The van der Waals surface area contributed by atoms with Gasteiger partial charge >= 0.3 is 5.97 Å². The number of carboxylic acid groups (broad SMARTS) is 1. The van der Waals surface area contributed by atoms with Crippen molar-refractivity contribution in [3.8, 4) is 5.75 Å². The Morgan fingerprint density at radius 3 is 2.89 bits per heavy atom. The van der Waals surface area contributed by atoms with Crippen LogP contribution in [-0.2, 0) is 0 Å². The molecule has 2 aromatic rings. The Hall–Kier alpha value is -1.97. The van der Waals surface area contributed by atoms with Gasteiger partial charge in [0.25, 0.3) is 0 Å². The lowest BCUT2D eigenvalue weighted by Crippen LogP contribution is -1.97. The summed E-state index contributed by atoms with van der Waals surface area (Å²) in [6, 6.07) is 5.46. The first kappa shape index (κ1) is 11.1. The maximum Gasteiger partial charge on any atom is 0.372 e. The van der Waals surface area contributed by atoms with Crippen LogP contribution in [0.1, 0.15) is 41.8 Å². The molecule has 1 aliphatic carbocycles. The Morgan fingerprint density at radius 2 is 2.28 bits per heavy atom. The molecule has 1 saturated carbocycles. The third-order valence-corrected chi connectivity index (χ3v) is 3.19. The summed E-state index contributed by atoms with van der Waals surface area (Å²) in [6.07, 6.45) is 2.07. The lowest BCUT2D eigenvalue weighted by molar-refractivity contribution is 0.0663. The van der Waals surface area contributed by atoms with Gasteiger partial charge in [0.2, 0.25) is 5.76 Å². The van der Waals surface area contributed by atoms with Crippen molar-refractivity contribution in [3.05, 3.63) is 29.5 Å². The summed E-state index contributed by atoms with van der Waals surface area (Å²) in [4.78, 5) is 11.2. The van der Waals surface area contributed by atoms with E-state index in [0.717, 1.165) is 29.5 Å². The van der Waals surface area contributed by atoms with Crippen LogP contribution in [0.3, 0.4) is 0 Å². The zero-order valence-electron chi connectivity index (χ0n) is 10.1. The second-order valence-electron chi connectivity index (χ2n) is 4.52. The van der Waals surface area contributed by atoms with E-state index in [2.05, 4.69) is 0 Å². The van der Waals surface area contributed by atoms with Crippen LogP contribution in [0.15, 0.2) is 22.6 Å². The quantitative estimate of drug-likeness (QED) is 0.898. The number of ether oxygens (including phenoxy) is 1. The van der Waals surface area contributed by atoms with Crippen molar-refractivity contribution < 1.29 is 19.1 Å². The van der Waals surface area contributed by atoms with Gasteiger partial charge < -0.3 is 14.3 Å². The number of fused-ring (bicyclic) bond motifs is 1. The first-order valence-electron chi connectivity index (χ1n) is 6.13. The summed E-state index contributed by atoms with van der Waals surface area (Å²) in [5, 5.41) is 10.1. The van der Waals surface area contributed by atoms with Crippen molar-refractivity contribution in [3.63, 3.8) is 0 Å². The Kier molecular flexibility index (Phi) is 2.51. The largest absolute Gasteiger partial charge is 0.494 e. The van der Waals surface area contributed by atoms with Crippen molar-refractivity contribution in [1.82, 2.24) is 0 Å². The second kappa shape index (κ2) is 4.05. The van der Waals surface area contributed by atoms with Gasteiger partial charge in [0.1, 0.15) is 11.3 Å². The first-order chi connectivity index (χ1) is 8.70. The Morgan fingerprint density at radius 1 is 1.50 bits per heavy atom. The fourth-order valence-electron chi connectivity index (χ4n) is 2.29. The van der Waals surface area contributed by atoms with Crippen molar-refractivity contribution >= 4 is 16.9 Å². The third-order valence-electron chi connectivity index (χ3n) is 3.19. The molecule has 0 radical (unpaired) electrons. The highest BCUT2D eigenvalue weighted by molar-refractivity contribution is 5.96. The molecule has 0 aliphatic heterocycles. The van der Waals surface area contributed by atoms with Crippen molar-refractivity contribution in [2.45, 2.75) is 25.7 Å². The van der Waals surface area contributed by atoms with Crippen molar-refractivity contribution in [1.29, 1.82) is 0 Å². The van der Waals surface area contributed by atoms with E-state index in [1.807, 2.05) is 13.0 Å². The average molecular weight is 246 g/mol. The molecule has 0 atom stereocenters. The minimum Gasteiger partial charge on any atom is -0.494 e. The summed E-state index contributed by atoms with van der Waals surface area (Å²) in [5.41, 5.74) is 1.46. The van der Waals surface area contributed by atoms with Crippen LogP contribution in [0.5, 0.6) is 5.75 Å². The summed E-state index contributed by atoms with van der Waals surface area (Å²) >= 11 is 0. The van der Waals surface area contributed by atoms with Crippen LogP contribution in [0, 0.1) is 0 Å². The molecule has 0 bridgehead atoms. The Balaban J connectivity index is 2.19. The van der Waals surface area contributed by atoms with Gasteiger partial charge in [-0.3, -0.25) is 0 Å². The molecule has 1 aliphatic rings. The van der Waals surface area contributed by atoms with Gasteiger partial charge in [0.15, 0.2) is 0 Å². The maximum atomic E-state index is 11.2. The van der Waals surface area contributed by atoms with E-state index in [9.17, 15) is 9.90 Å². The minimum absolute atomic E-state index is 0.0844. The molecule has 4 nitrogen and oxygen atoms in total. The van der Waals surface area contributed by atoms with E-state index in [-0.39, 0.29) is 5.76 Å². The summed E-state index contributed by atoms with van der Waals surface area (Å²) in [7, 11) is 0. The molecule has 94 valence electrons. The lowest BCUT2D eigenvalue weighted by atomic mass is 10.1. The number of rotatable bonds is 4. The van der Waals surface area contributed by atoms with Crippen LogP contribution in [0.4, 0.5) is 0 Å². The molecular formula is C14H14O4. The molecule has 0 spiro atoms. The number of hydrogen-bond acceptors (Lipinski definition) is 3. The first-order valence-corrected chi connectivity index (χ1v) is 6.13. The molecule has 0 unspecified atom stereocenters. The van der Waals surface area contributed by atoms with Gasteiger partial charge in [-0.1, -0.05) is 0 Å². The van der Waals surface area contributed by atoms with E-state index in [4.69, 9.17) is 9.15 Å². The van der Waals surface area contributed by atoms with Crippen LogP contribution < -0.4 is 4.74 Å². The van der Waals surface area contributed by atoms with Gasteiger partial charge in [0, 0.05) is 10.9 Å². The number of carbonyl (C=O) groups is 1. The van der Waals surface area contributed by atoms with E-state index >= 15 is 0 Å². The highest BCUT2D eigenvalue weighted by Crippen LogP contribution is 2.46. The van der Waals surface area contributed by atoms with E-state index < -0.39 is 5.97 Å². The second-order valence-corrected chi connectivity index (χ2v) is 4.52. The summed E-state index contributed by atoms with van der Waals surface area (Å²) < 4.78 is 10.9. The maximum absolute atomic E-state index is 11.2. The molecule has 3 rings (SSSR count). The number of furan rings is 1. The monoisotopic (exact) mass is 246 g/mol. The summed E-state index contributed by atoms with van der Waals surface area (Å²) in [6.45, 7) is 2.51. The van der Waals surface area contributed by atoms with E-state index in [0.29, 0.717) is 18.1 Å².